The fourth-order valence-electron chi connectivity index (χ4n) is 5.54. The van der Waals surface area contributed by atoms with Crippen molar-refractivity contribution in [3.8, 4) is 0 Å². The van der Waals surface area contributed by atoms with Crippen LogP contribution in [0, 0.1) is 17.8 Å². The molecule has 1 heterocycles. The van der Waals surface area contributed by atoms with Crippen LogP contribution in [0.2, 0.25) is 0 Å². The van der Waals surface area contributed by atoms with E-state index in [1.54, 1.807) is 0 Å². The third kappa shape index (κ3) is 1.74. The smallest absolute Gasteiger partial charge is 0.335 e. The Morgan fingerprint density at radius 3 is 1.95 bits per heavy atom. The number of carboxylic acids is 1. The van der Waals surface area contributed by atoms with E-state index in [1.165, 1.54) is 0 Å². The van der Waals surface area contributed by atoms with E-state index < -0.39 is 35.9 Å². The van der Waals surface area contributed by atoms with E-state index in [-0.39, 0.29) is 0 Å². The molecule has 4 amide bonds. The second-order valence-electron chi connectivity index (χ2n) is 7.35. The third-order valence-electron chi connectivity index (χ3n) is 5.83. The maximum atomic E-state index is 12.5. The summed E-state index contributed by atoms with van der Waals surface area (Å²) in [5.41, 5.74) is -0.550. The first-order chi connectivity index (χ1) is 10.4. The minimum atomic E-state index is -1.29. The van der Waals surface area contributed by atoms with Crippen LogP contribution in [0.4, 0.5) is 4.79 Å². The SMILES string of the molecule is O=C(O)CN1C(=O)C(=O)N(C23CC4CC(CC(C4)C2)C3)C1=O. The van der Waals surface area contributed by atoms with Gasteiger partial charge in [-0.15, -0.1) is 0 Å². The maximum absolute atomic E-state index is 12.5. The number of imide groups is 2. The Balaban J connectivity index is 1.67. The first kappa shape index (κ1) is 13.7. The average molecular weight is 306 g/mol. The number of nitrogens with zero attached hydrogens (tertiary/aromatic N) is 2. The lowest BCUT2D eigenvalue weighted by molar-refractivity contribution is -0.150. The van der Waals surface area contributed by atoms with Gasteiger partial charge in [-0.1, -0.05) is 0 Å². The summed E-state index contributed by atoms with van der Waals surface area (Å²) in [6.07, 6.45) is 5.77. The van der Waals surface area contributed by atoms with Gasteiger partial charge >= 0.3 is 23.8 Å². The van der Waals surface area contributed by atoms with Gasteiger partial charge < -0.3 is 5.11 Å². The van der Waals surface area contributed by atoms with Crippen LogP contribution in [0.5, 0.6) is 0 Å². The number of urea groups is 1. The van der Waals surface area contributed by atoms with Gasteiger partial charge in [0.15, 0.2) is 0 Å². The van der Waals surface area contributed by atoms with E-state index >= 15 is 0 Å². The van der Waals surface area contributed by atoms with Crippen LogP contribution in [0.3, 0.4) is 0 Å². The average Bonchev–Trinajstić information content (AvgIpc) is 2.61. The zero-order valence-corrected chi connectivity index (χ0v) is 12.2. The monoisotopic (exact) mass is 306 g/mol. The Hall–Kier alpha value is -1.92. The van der Waals surface area contributed by atoms with Crippen LogP contribution < -0.4 is 0 Å². The van der Waals surface area contributed by atoms with E-state index in [0.29, 0.717) is 22.7 Å². The standard InChI is InChI=1S/C15H18N2O5/c18-11(19)7-16-12(20)13(21)17(14(16)22)15-4-8-1-9(5-15)3-10(2-8)6-15/h8-10H,1-7H2,(H,18,19). The van der Waals surface area contributed by atoms with Crippen molar-refractivity contribution in [3.05, 3.63) is 0 Å². The molecule has 5 fully saturated rings. The summed E-state index contributed by atoms with van der Waals surface area (Å²) >= 11 is 0. The molecule has 5 rings (SSSR count). The Morgan fingerprint density at radius 2 is 1.50 bits per heavy atom. The van der Waals surface area contributed by atoms with Crippen molar-refractivity contribution in [2.45, 2.75) is 44.1 Å². The molecule has 0 aromatic rings. The van der Waals surface area contributed by atoms with Gasteiger partial charge in [0, 0.05) is 0 Å². The van der Waals surface area contributed by atoms with Crippen LogP contribution in [-0.4, -0.2) is 50.8 Å². The van der Waals surface area contributed by atoms with Crippen LogP contribution in [0.25, 0.3) is 0 Å². The predicted octanol–water partition coefficient (Wildman–Crippen LogP) is 0.831. The quantitative estimate of drug-likeness (QED) is 0.615. The first-order valence-electron chi connectivity index (χ1n) is 7.81. The first-order valence-corrected chi connectivity index (χ1v) is 7.81. The summed E-state index contributed by atoms with van der Waals surface area (Å²) in [6, 6.07) is -0.737. The summed E-state index contributed by atoms with van der Waals surface area (Å²) in [7, 11) is 0. The summed E-state index contributed by atoms with van der Waals surface area (Å²) < 4.78 is 0. The molecule has 5 aliphatic rings. The molecule has 0 atom stereocenters. The summed E-state index contributed by atoms with van der Waals surface area (Å²) in [5, 5.41) is 8.84. The van der Waals surface area contributed by atoms with Crippen molar-refractivity contribution in [1.82, 2.24) is 9.80 Å². The van der Waals surface area contributed by atoms with E-state index in [1.807, 2.05) is 0 Å². The molecule has 4 saturated carbocycles. The second-order valence-corrected chi connectivity index (χ2v) is 7.35. The lowest BCUT2D eigenvalue weighted by Gasteiger charge is -2.58. The molecule has 7 heteroatoms. The Labute approximate surface area is 127 Å². The highest BCUT2D eigenvalue weighted by Crippen LogP contribution is 2.58. The fraction of sp³-hybridized carbons (Fsp3) is 0.733. The van der Waals surface area contributed by atoms with Gasteiger partial charge in [-0.05, 0) is 56.3 Å². The molecular weight excluding hydrogens is 288 g/mol. The Bertz CT molecular complexity index is 563. The number of carbonyl (C=O) groups is 4. The molecule has 0 aromatic carbocycles. The number of aliphatic carboxylic acids is 1. The van der Waals surface area contributed by atoms with E-state index in [4.69, 9.17) is 5.11 Å². The maximum Gasteiger partial charge on any atom is 0.335 e. The van der Waals surface area contributed by atoms with Gasteiger partial charge in [0.2, 0.25) is 0 Å². The third-order valence-corrected chi connectivity index (χ3v) is 5.83. The fourth-order valence-corrected chi connectivity index (χ4v) is 5.54. The van der Waals surface area contributed by atoms with Crippen molar-refractivity contribution < 1.29 is 24.3 Å². The van der Waals surface area contributed by atoms with Crippen LogP contribution in [-0.2, 0) is 14.4 Å². The molecule has 0 aromatic heterocycles. The highest BCUT2D eigenvalue weighted by atomic mass is 16.4. The number of amides is 4. The topological polar surface area (TPSA) is 95.0 Å². The van der Waals surface area contributed by atoms with Crippen LogP contribution in [0.15, 0.2) is 0 Å². The van der Waals surface area contributed by atoms with Crippen LogP contribution >= 0.6 is 0 Å². The summed E-state index contributed by atoms with van der Waals surface area (Å²) in [5.74, 6) is -1.56. The van der Waals surface area contributed by atoms with Gasteiger partial charge in [-0.25, -0.2) is 14.6 Å². The highest BCUT2D eigenvalue weighted by Gasteiger charge is 2.61. The number of hydrogen-bond donors (Lipinski definition) is 1. The zero-order valence-electron chi connectivity index (χ0n) is 12.2. The van der Waals surface area contributed by atoms with Gasteiger partial charge in [0.1, 0.15) is 6.54 Å². The predicted molar refractivity (Wildman–Crippen MR) is 72.5 cm³/mol. The molecular formula is C15H18N2O5. The number of carbonyl (C=O) groups excluding carboxylic acids is 3. The van der Waals surface area contributed by atoms with Crippen molar-refractivity contribution in [2.75, 3.05) is 6.54 Å². The van der Waals surface area contributed by atoms with Gasteiger partial charge in [0.25, 0.3) is 0 Å². The molecule has 1 N–H and O–H groups in total. The summed E-state index contributed by atoms with van der Waals surface area (Å²) in [4.78, 5) is 49.4. The molecule has 0 spiro atoms. The van der Waals surface area contributed by atoms with Crippen molar-refractivity contribution in [2.24, 2.45) is 17.8 Å². The van der Waals surface area contributed by atoms with E-state index in [2.05, 4.69) is 0 Å². The molecule has 0 unspecified atom stereocenters. The molecule has 0 radical (unpaired) electrons. The molecule has 1 saturated heterocycles. The van der Waals surface area contributed by atoms with Crippen molar-refractivity contribution in [1.29, 1.82) is 0 Å². The minimum Gasteiger partial charge on any atom is -0.480 e. The van der Waals surface area contributed by atoms with Crippen LogP contribution in [0.1, 0.15) is 38.5 Å². The molecule has 4 bridgehead atoms. The van der Waals surface area contributed by atoms with Gasteiger partial charge in [-0.3, -0.25) is 14.4 Å². The number of rotatable bonds is 3. The summed E-state index contributed by atoms with van der Waals surface area (Å²) in [6.45, 7) is -0.744. The van der Waals surface area contributed by atoms with Crippen molar-refractivity contribution >= 4 is 23.8 Å². The lowest BCUT2D eigenvalue weighted by Crippen LogP contribution is -2.62. The lowest BCUT2D eigenvalue weighted by atomic mass is 9.52. The molecule has 118 valence electrons. The second kappa shape index (κ2) is 4.30. The molecule has 22 heavy (non-hydrogen) atoms. The van der Waals surface area contributed by atoms with E-state index in [9.17, 15) is 19.2 Å². The largest absolute Gasteiger partial charge is 0.480 e. The Morgan fingerprint density at radius 1 is 1.00 bits per heavy atom. The van der Waals surface area contributed by atoms with Crippen molar-refractivity contribution in [3.63, 3.8) is 0 Å². The zero-order chi connectivity index (χ0) is 15.6. The van der Waals surface area contributed by atoms with Gasteiger partial charge in [-0.2, -0.15) is 0 Å². The molecule has 7 nitrogen and oxygen atoms in total. The van der Waals surface area contributed by atoms with E-state index in [0.717, 1.165) is 43.4 Å². The molecule has 1 aliphatic heterocycles. The Kier molecular flexibility index (Phi) is 2.68. The normalized spacial score (nSPS) is 40.0. The highest BCUT2D eigenvalue weighted by molar-refractivity contribution is 6.45. The number of hydrogen-bond acceptors (Lipinski definition) is 4. The minimum absolute atomic E-state index is 0.524. The van der Waals surface area contributed by atoms with Gasteiger partial charge in [0.05, 0.1) is 5.54 Å². The molecule has 4 aliphatic carbocycles. The number of carboxylic acid groups (broad SMARTS) is 1.